The van der Waals surface area contributed by atoms with E-state index < -0.39 is 32.9 Å². The van der Waals surface area contributed by atoms with Crippen molar-refractivity contribution in [3.8, 4) is 0 Å². The van der Waals surface area contributed by atoms with Gasteiger partial charge in [-0.3, -0.25) is 9.09 Å². The number of rotatable bonds is 8. The SMILES string of the molecule is O=P(O)(O)OC[C@H]1O[C@@H](n2cnc3c(NCc4cccc(CO)c4)ncnc32)C[C@@H]1O. The summed E-state index contributed by atoms with van der Waals surface area (Å²) in [5.41, 5.74) is 2.77. The van der Waals surface area contributed by atoms with Crippen LogP contribution in [0.2, 0.25) is 0 Å². The minimum absolute atomic E-state index is 0.0383. The average Bonchev–Trinajstić information content (AvgIpc) is 3.34. The maximum atomic E-state index is 10.9. The van der Waals surface area contributed by atoms with Gasteiger partial charge in [-0.1, -0.05) is 24.3 Å². The minimum Gasteiger partial charge on any atom is -0.392 e. The van der Waals surface area contributed by atoms with Crippen LogP contribution < -0.4 is 5.32 Å². The Balaban J connectivity index is 1.49. The molecule has 1 aromatic carbocycles. The lowest BCUT2D eigenvalue weighted by molar-refractivity contribution is -0.0424. The molecule has 3 atom stereocenters. The van der Waals surface area contributed by atoms with E-state index in [4.69, 9.17) is 14.5 Å². The summed E-state index contributed by atoms with van der Waals surface area (Å²) in [6.07, 6.45) is 0.587. The second kappa shape index (κ2) is 8.97. The van der Waals surface area contributed by atoms with E-state index in [1.165, 1.54) is 12.7 Å². The summed E-state index contributed by atoms with van der Waals surface area (Å²) in [4.78, 5) is 30.6. The van der Waals surface area contributed by atoms with Gasteiger partial charge in [0.15, 0.2) is 17.0 Å². The van der Waals surface area contributed by atoms with Crippen LogP contribution in [0.3, 0.4) is 0 Å². The Labute approximate surface area is 176 Å². The second-order valence-electron chi connectivity index (χ2n) is 7.10. The summed E-state index contributed by atoms with van der Waals surface area (Å²) in [7, 11) is -4.66. The zero-order valence-corrected chi connectivity index (χ0v) is 17.2. The molecule has 31 heavy (non-hydrogen) atoms. The lowest BCUT2D eigenvalue weighted by Gasteiger charge is -2.16. The van der Waals surface area contributed by atoms with Crippen LogP contribution >= 0.6 is 7.82 Å². The average molecular weight is 451 g/mol. The highest BCUT2D eigenvalue weighted by Gasteiger charge is 2.37. The maximum absolute atomic E-state index is 10.9. The van der Waals surface area contributed by atoms with Gasteiger partial charge in [-0.15, -0.1) is 0 Å². The first-order valence-electron chi connectivity index (χ1n) is 9.48. The van der Waals surface area contributed by atoms with E-state index in [1.807, 2.05) is 24.3 Å². The highest BCUT2D eigenvalue weighted by Crippen LogP contribution is 2.38. The molecule has 0 amide bonds. The van der Waals surface area contributed by atoms with E-state index in [1.54, 1.807) is 4.57 Å². The number of phosphoric ester groups is 1. The number of aromatic nitrogens is 4. The van der Waals surface area contributed by atoms with E-state index in [0.717, 1.165) is 11.1 Å². The number of anilines is 1. The number of aliphatic hydroxyl groups excluding tert-OH is 2. The van der Waals surface area contributed by atoms with Gasteiger partial charge < -0.3 is 30.1 Å². The summed E-state index contributed by atoms with van der Waals surface area (Å²) in [5.74, 6) is 0.512. The molecular formula is C18H22N5O7P. The lowest BCUT2D eigenvalue weighted by atomic mass is 10.1. The molecule has 0 bridgehead atoms. The number of fused-ring (bicyclic) bond motifs is 1. The van der Waals surface area contributed by atoms with Crippen molar-refractivity contribution in [2.45, 2.75) is 38.0 Å². The number of phosphoric acid groups is 1. The van der Waals surface area contributed by atoms with Gasteiger partial charge in [-0.05, 0) is 11.1 Å². The van der Waals surface area contributed by atoms with Crippen molar-refractivity contribution in [2.24, 2.45) is 0 Å². The molecule has 13 heteroatoms. The van der Waals surface area contributed by atoms with Crippen LogP contribution in [0.25, 0.3) is 11.2 Å². The lowest BCUT2D eigenvalue weighted by Crippen LogP contribution is -2.25. The third kappa shape index (κ3) is 5.08. The molecule has 1 fully saturated rings. The van der Waals surface area contributed by atoms with Gasteiger partial charge in [-0.2, -0.15) is 0 Å². The molecule has 2 aromatic heterocycles. The maximum Gasteiger partial charge on any atom is 0.469 e. The normalized spacial score (nSPS) is 21.6. The molecule has 0 aliphatic carbocycles. The van der Waals surface area contributed by atoms with Crippen LogP contribution in [-0.4, -0.2) is 58.3 Å². The Morgan fingerprint density at radius 1 is 1.26 bits per heavy atom. The summed E-state index contributed by atoms with van der Waals surface area (Å²) in [5, 5.41) is 22.7. The Kier molecular flexibility index (Phi) is 6.30. The van der Waals surface area contributed by atoms with E-state index in [9.17, 15) is 14.8 Å². The number of benzene rings is 1. The zero-order valence-electron chi connectivity index (χ0n) is 16.3. The van der Waals surface area contributed by atoms with Crippen LogP contribution in [-0.2, 0) is 27.0 Å². The second-order valence-corrected chi connectivity index (χ2v) is 8.34. The number of aliphatic hydroxyl groups is 2. The Morgan fingerprint density at radius 2 is 2.06 bits per heavy atom. The number of nitrogens with zero attached hydrogens (tertiary/aromatic N) is 4. The molecule has 1 saturated heterocycles. The van der Waals surface area contributed by atoms with E-state index in [-0.39, 0.29) is 13.0 Å². The standard InChI is InChI=1S/C18H22N5O7P/c24-7-12-3-1-2-11(4-12)6-19-17-16-18(21-9-20-17)23(10-22-16)15-5-13(25)14(30-15)8-29-31(26,27)28/h1-4,9-10,13-15,24-25H,5-8H2,(H,19,20,21)(H2,26,27,28)/t13-,14+,15+/m0/s1. The number of imidazole rings is 1. The molecule has 0 spiro atoms. The van der Waals surface area contributed by atoms with Gasteiger partial charge in [0.1, 0.15) is 18.7 Å². The Bertz CT molecular complexity index is 1100. The zero-order chi connectivity index (χ0) is 22.0. The molecule has 0 radical (unpaired) electrons. The van der Waals surface area contributed by atoms with Crippen molar-refractivity contribution in [2.75, 3.05) is 11.9 Å². The van der Waals surface area contributed by atoms with Crippen molar-refractivity contribution < 1.29 is 33.8 Å². The third-order valence-electron chi connectivity index (χ3n) is 4.91. The first-order valence-corrected chi connectivity index (χ1v) is 11.0. The van der Waals surface area contributed by atoms with Crippen LogP contribution in [0, 0.1) is 0 Å². The first-order chi connectivity index (χ1) is 14.8. The summed E-state index contributed by atoms with van der Waals surface area (Å²) in [6, 6.07) is 7.51. The van der Waals surface area contributed by atoms with Gasteiger partial charge in [0, 0.05) is 13.0 Å². The van der Waals surface area contributed by atoms with Crippen LogP contribution in [0.1, 0.15) is 23.8 Å². The number of hydrogen-bond donors (Lipinski definition) is 5. The van der Waals surface area contributed by atoms with E-state index in [2.05, 4.69) is 24.8 Å². The summed E-state index contributed by atoms with van der Waals surface area (Å²) in [6.45, 7) is -0.0139. The van der Waals surface area contributed by atoms with Crippen LogP contribution in [0.15, 0.2) is 36.9 Å². The molecule has 3 aromatic rings. The molecule has 4 rings (SSSR count). The third-order valence-corrected chi connectivity index (χ3v) is 5.40. The highest BCUT2D eigenvalue weighted by atomic mass is 31.2. The molecular weight excluding hydrogens is 429 g/mol. The number of ether oxygens (including phenoxy) is 1. The van der Waals surface area contributed by atoms with Gasteiger partial charge >= 0.3 is 7.82 Å². The van der Waals surface area contributed by atoms with Crippen molar-refractivity contribution in [1.29, 1.82) is 0 Å². The quantitative estimate of drug-likeness (QED) is 0.305. The van der Waals surface area contributed by atoms with Gasteiger partial charge in [0.25, 0.3) is 0 Å². The summed E-state index contributed by atoms with van der Waals surface area (Å²) < 4.78 is 22.7. The monoisotopic (exact) mass is 451 g/mol. The van der Waals surface area contributed by atoms with E-state index >= 15 is 0 Å². The van der Waals surface area contributed by atoms with Crippen molar-refractivity contribution in [1.82, 2.24) is 19.5 Å². The Morgan fingerprint density at radius 3 is 2.84 bits per heavy atom. The largest absolute Gasteiger partial charge is 0.469 e. The predicted octanol–water partition coefficient (Wildman–Crippen LogP) is 0.688. The van der Waals surface area contributed by atoms with Crippen molar-refractivity contribution in [3.63, 3.8) is 0 Å². The Hall–Kier alpha value is -2.44. The van der Waals surface area contributed by atoms with Gasteiger partial charge in [0.2, 0.25) is 0 Å². The topological polar surface area (TPSA) is 172 Å². The first kappa shape index (κ1) is 21.8. The van der Waals surface area contributed by atoms with E-state index in [0.29, 0.717) is 23.5 Å². The smallest absolute Gasteiger partial charge is 0.392 e. The summed E-state index contributed by atoms with van der Waals surface area (Å²) >= 11 is 0. The molecule has 5 N–H and O–H groups in total. The number of hydrogen-bond acceptors (Lipinski definition) is 9. The highest BCUT2D eigenvalue weighted by molar-refractivity contribution is 7.46. The van der Waals surface area contributed by atoms with Gasteiger partial charge in [0.05, 0.1) is 25.6 Å². The van der Waals surface area contributed by atoms with Crippen LogP contribution in [0.4, 0.5) is 5.82 Å². The molecule has 3 heterocycles. The molecule has 12 nitrogen and oxygen atoms in total. The fraction of sp³-hybridized carbons (Fsp3) is 0.389. The predicted molar refractivity (Wildman–Crippen MR) is 108 cm³/mol. The van der Waals surface area contributed by atoms with Crippen molar-refractivity contribution >= 4 is 24.8 Å². The molecule has 1 aliphatic rings. The fourth-order valence-electron chi connectivity index (χ4n) is 3.42. The molecule has 0 saturated carbocycles. The molecule has 166 valence electrons. The van der Waals surface area contributed by atoms with Crippen LogP contribution in [0.5, 0.6) is 0 Å². The van der Waals surface area contributed by atoms with Gasteiger partial charge in [-0.25, -0.2) is 19.5 Å². The van der Waals surface area contributed by atoms with Crippen molar-refractivity contribution in [3.05, 3.63) is 48.0 Å². The number of nitrogens with one attached hydrogen (secondary N) is 1. The molecule has 1 aliphatic heterocycles. The minimum atomic E-state index is -4.66. The fourth-order valence-corrected chi connectivity index (χ4v) is 3.76. The molecule has 0 unspecified atom stereocenters.